The van der Waals surface area contributed by atoms with Crippen LogP contribution in [-0.4, -0.2) is 30.9 Å². The zero-order valence-corrected chi connectivity index (χ0v) is 12.0. The Morgan fingerprint density at radius 1 is 0.909 bits per heavy atom. The molecule has 2 aromatic carbocycles. The van der Waals surface area contributed by atoms with Crippen LogP contribution in [0, 0.1) is 0 Å². The lowest BCUT2D eigenvalue weighted by Gasteiger charge is -2.07. The van der Waals surface area contributed by atoms with Gasteiger partial charge in [-0.05, 0) is 47.9 Å². The second-order valence-electron chi connectivity index (χ2n) is 4.60. The first kappa shape index (κ1) is 15.9. The molecule has 2 rings (SSSR count). The van der Waals surface area contributed by atoms with Crippen LogP contribution in [0.25, 0.3) is 0 Å². The van der Waals surface area contributed by atoms with Gasteiger partial charge < -0.3 is 14.8 Å². The van der Waals surface area contributed by atoms with Crippen molar-refractivity contribution < 1.29 is 28.6 Å². The monoisotopic (exact) mass is 320 g/mol. The van der Waals surface area contributed by atoms with E-state index in [1.165, 1.54) is 24.3 Å². The van der Waals surface area contributed by atoms with Crippen LogP contribution in [0.5, 0.6) is 0 Å². The molecule has 0 aliphatic heterocycles. The van der Waals surface area contributed by atoms with E-state index in [9.17, 15) is 13.8 Å². The summed E-state index contributed by atoms with van der Waals surface area (Å²) in [5, 5.41) is 18.1. The van der Waals surface area contributed by atoms with Gasteiger partial charge in [0.25, 0.3) is 0 Å². The molecule has 1 unspecified atom stereocenters. The molecular formula is C15H12O6S. The number of aromatic carboxylic acids is 2. The van der Waals surface area contributed by atoms with Gasteiger partial charge in [-0.3, -0.25) is 0 Å². The second-order valence-corrected chi connectivity index (χ2v) is 5.57. The van der Waals surface area contributed by atoms with Crippen molar-refractivity contribution in [2.45, 2.75) is 11.3 Å². The van der Waals surface area contributed by atoms with Crippen molar-refractivity contribution in [2.24, 2.45) is 0 Å². The van der Waals surface area contributed by atoms with E-state index in [0.717, 1.165) is 6.07 Å². The Morgan fingerprint density at radius 2 is 1.50 bits per heavy atom. The highest BCUT2D eigenvalue weighted by Crippen LogP contribution is 2.17. The minimum absolute atomic E-state index is 0.114. The fraction of sp³-hybridized carbons (Fsp3) is 0.0667. The minimum atomic E-state index is -2.11. The van der Waals surface area contributed by atoms with Crippen molar-refractivity contribution in [3.63, 3.8) is 0 Å². The molecule has 6 nitrogen and oxygen atoms in total. The van der Waals surface area contributed by atoms with Crippen molar-refractivity contribution in [1.29, 1.82) is 0 Å². The van der Waals surface area contributed by atoms with E-state index in [1.807, 2.05) is 0 Å². The molecule has 0 aliphatic rings. The molecule has 0 saturated carbocycles. The third-order valence-electron chi connectivity index (χ3n) is 3.00. The van der Waals surface area contributed by atoms with Gasteiger partial charge in [0, 0.05) is 0 Å². The molecule has 0 amide bonds. The molecule has 7 heteroatoms. The molecule has 0 aromatic heterocycles. The average Bonchev–Trinajstić information content (AvgIpc) is 2.47. The Labute approximate surface area is 128 Å². The van der Waals surface area contributed by atoms with Gasteiger partial charge in [-0.25, -0.2) is 13.8 Å². The predicted octanol–water partition coefficient (Wildman–Crippen LogP) is 2.25. The van der Waals surface area contributed by atoms with Crippen molar-refractivity contribution in [1.82, 2.24) is 0 Å². The van der Waals surface area contributed by atoms with Crippen molar-refractivity contribution in [2.75, 3.05) is 0 Å². The van der Waals surface area contributed by atoms with E-state index in [-0.39, 0.29) is 22.4 Å². The molecule has 3 N–H and O–H groups in total. The van der Waals surface area contributed by atoms with Crippen molar-refractivity contribution in [3.05, 3.63) is 64.7 Å². The predicted molar refractivity (Wildman–Crippen MR) is 78.6 cm³/mol. The number of hydrogen-bond acceptors (Lipinski definition) is 3. The molecule has 0 saturated heterocycles. The minimum Gasteiger partial charge on any atom is -0.478 e. The van der Waals surface area contributed by atoms with Gasteiger partial charge in [0.1, 0.15) is 0 Å². The van der Waals surface area contributed by atoms with Crippen molar-refractivity contribution >= 4 is 23.0 Å². The van der Waals surface area contributed by atoms with E-state index >= 15 is 0 Å². The lowest BCUT2D eigenvalue weighted by Crippen LogP contribution is -2.04. The van der Waals surface area contributed by atoms with E-state index in [2.05, 4.69) is 0 Å². The highest BCUT2D eigenvalue weighted by Gasteiger charge is 2.12. The number of carboxylic acid groups (broad SMARTS) is 2. The summed E-state index contributed by atoms with van der Waals surface area (Å²) in [5.74, 6) is -2.43. The molecule has 0 spiro atoms. The average molecular weight is 320 g/mol. The summed E-state index contributed by atoms with van der Waals surface area (Å²) in [6.07, 6.45) is 0.256. The van der Waals surface area contributed by atoms with E-state index in [1.54, 1.807) is 12.1 Å². The van der Waals surface area contributed by atoms with Gasteiger partial charge in [0.15, 0.2) is 11.1 Å². The largest absolute Gasteiger partial charge is 0.478 e. The maximum Gasteiger partial charge on any atom is 0.335 e. The first-order valence-electron chi connectivity index (χ1n) is 6.17. The van der Waals surface area contributed by atoms with Crippen LogP contribution in [0.3, 0.4) is 0 Å². The first-order valence-corrected chi connectivity index (χ1v) is 7.28. The second kappa shape index (κ2) is 6.50. The topological polar surface area (TPSA) is 112 Å². The van der Waals surface area contributed by atoms with Crippen LogP contribution in [0.1, 0.15) is 31.8 Å². The van der Waals surface area contributed by atoms with Gasteiger partial charge in [0.2, 0.25) is 0 Å². The van der Waals surface area contributed by atoms with Crippen LogP contribution in [-0.2, 0) is 17.5 Å². The Kier molecular flexibility index (Phi) is 4.69. The highest BCUT2D eigenvalue weighted by molar-refractivity contribution is 7.79. The fourth-order valence-electron chi connectivity index (χ4n) is 2.04. The zero-order valence-electron chi connectivity index (χ0n) is 11.2. The summed E-state index contributed by atoms with van der Waals surface area (Å²) in [4.78, 5) is 22.3. The maximum absolute atomic E-state index is 11.1. The molecular weight excluding hydrogens is 308 g/mol. The molecule has 0 aliphatic carbocycles. The summed E-state index contributed by atoms with van der Waals surface area (Å²) in [5.41, 5.74) is 0.950. The zero-order chi connectivity index (χ0) is 16.3. The Hall–Kier alpha value is -2.51. The number of benzene rings is 2. The third-order valence-corrected chi connectivity index (χ3v) is 3.65. The van der Waals surface area contributed by atoms with E-state index < -0.39 is 23.0 Å². The van der Waals surface area contributed by atoms with Crippen LogP contribution in [0.4, 0.5) is 0 Å². The first-order chi connectivity index (χ1) is 10.4. The van der Waals surface area contributed by atoms with Crippen molar-refractivity contribution in [3.8, 4) is 0 Å². The van der Waals surface area contributed by atoms with E-state index in [4.69, 9.17) is 14.8 Å². The molecule has 0 heterocycles. The number of carboxylic acids is 2. The number of hydrogen-bond donors (Lipinski definition) is 3. The molecule has 1 atom stereocenters. The maximum atomic E-state index is 11.1. The lowest BCUT2D eigenvalue weighted by atomic mass is 10.00. The summed E-state index contributed by atoms with van der Waals surface area (Å²) in [6.45, 7) is 0. The summed E-state index contributed by atoms with van der Waals surface area (Å²) >= 11 is -2.11. The van der Waals surface area contributed by atoms with Crippen LogP contribution in [0.2, 0.25) is 0 Å². The Balaban J connectivity index is 2.40. The van der Waals surface area contributed by atoms with Gasteiger partial charge in [0.05, 0.1) is 16.0 Å². The summed E-state index contributed by atoms with van der Waals surface area (Å²) in [6, 6.07) is 10.2. The third kappa shape index (κ3) is 3.78. The van der Waals surface area contributed by atoms with Gasteiger partial charge in [-0.15, -0.1) is 0 Å². The molecule has 0 radical (unpaired) electrons. The lowest BCUT2D eigenvalue weighted by molar-refractivity contribution is 0.0696. The normalized spacial score (nSPS) is 11.9. The number of carbonyl (C=O) groups is 2. The van der Waals surface area contributed by atoms with Crippen LogP contribution < -0.4 is 0 Å². The fourth-order valence-corrected chi connectivity index (χ4v) is 2.49. The quantitative estimate of drug-likeness (QED) is 0.729. The van der Waals surface area contributed by atoms with Gasteiger partial charge in [-0.1, -0.05) is 12.1 Å². The molecule has 22 heavy (non-hydrogen) atoms. The standard InChI is InChI=1S/C15H12O6S/c16-14(17)11-5-10(6-12(8-11)15(18)19)4-9-2-1-3-13(7-9)22(20)21/h1-3,5-8H,4H2,(H,16,17)(H,18,19)(H,20,21). The van der Waals surface area contributed by atoms with Gasteiger partial charge in [-0.2, -0.15) is 0 Å². The van der Waals surface area contributed by atoms with Crippen LogP contribution >= 0.6 is 0 Å². The molecule has 0 fully saturated rings. The Bertz CT molecular complexity index is 736. The number of rotatable bonds is 5. The SMILES string of the molecule is O=C(O)c1cc(Cc2cccc(S(=O)O)c2)cc(C(=O)O)c1. The Morgan fingerprint density at radius 3 is 2.00 bits per heavy atom. The highest BCUT2D eigenvalue weighted by atomic mass is 32.2. The molecule has 2 aromatic rings. The summed E-state index contributed by atoms with van der Waals surface area (Å²) < 4.78 is 20.1. The van der Waals surface area contributed by atoms with Crippen LogP contribution in [0.15, 0.2) is 47.4 Å². The summed E-state index contributed by atoms with van der Waals surface area (Å²) in [7, 11) is 0. The smallest absolute Gasteiger partial charge is 0.335 e. The van der Waals surface area contributed by atoms with Gasteiger partial charge >= 0.3 is 11.9 Å². The van der Waals surface area contributed by atoms with E-state index in [0.29, 0.717) is 11.1 Å². The molecule has 114 valence electrons. The molecule has 0 bridgehead atoms.